The summed E-state index contributed by atoms with van der Waals surface area (Å²) in [6.07, 6.45) is 4.67. The van der Waals surface area contributed by atoms with Gasteiger partial charge in [0, 0.05) is 12.7 Å². The van der Waals surface area contributed by atoms with E-state index in [4.69, 9.17) is 5.73 Å². The first kappa shape index (κ1) is 11.8. The molecule has 82 valence electrons. The van der Waals surface area contributed by atoms with Gasteiger partial charge >= 0.3 is 0 Å². The number of nitrogens with one attached hydrogen (secondary N) is 1. The van der Waals surface area contributed by atoms with E-state index in [1.807, 2.05) is 11.8 Å². The highest BCUT2D eigenvalue weighted by atomic mass is 32.2. The number of amides is 1. The summed E-state index contributed by atoms with van der Waals surface area (Å²) in [5.74, 6) is 1.46. The minimum atomic E-state index is -0.448. The SMILES string of the molecule is CSCCCNc1ccc(C(N)=O)cn1. The molecule has 5 heteroatoms. The topological polar surface area (TPSA) is 68.0 Å². The summed E-state index contributed by atoms with van der Waals surface area (Å²) in [7, 11) is 0. The Kier molecular flexibility index (Phi) is 4.97. The van der Waals surface area contributed by atoms with E-state index in [9.17, 15) is 4.79 Å². The van der Waals surface area contributed by atoms with Crippen molar-refractivity contribution >= 4 is 23.5 Å². The van der Waals surface area contributed by atoms with Gasteiger partial charge in [-0.15, -0.1) is 0 Å². The molecule has 0 atom stereocenters. The van der Waals surface area contributed by atoms with Crippen LogP contribution in [0.1, 0.15) is 16.8 Å². The molecule has 1 aromatic heterocycles. The Morgan fingerprint density at radius 2 is 2.40 bits per heavy atom. The van der Waals surface area contributed by atoms with Crippen molar-refractivity contribution in [3.8, 4) is 0 Å². The third-order valence-electron chi connectivity index (χ3n) is 1.88. The highest BCUT2D eigenvalue weighted by Gasteiger charge is 1.99. The van der Waals surface area contributed by atoms with Crippen LogP contribution in [0.25, 0.3) is 0 Å². The predicted octanol–water partition coefficient (Wildman–Crippen LogP) is 1.35. The number of nitrogens with zero attached hydrogens (tertiary/aromatic N) is 1. The Bertz CT molecular complexity index is 313. The van der Waals surface area contributed by atoms with E-state index in [0.29, 0.717) is 5.56 Å². The number of hydrogen-bond acceptors (Lipinski definition) is 4. The molecule has 1 aromatic rings. The number of rotatable bonds is 6. The van der Waals surface area contributed by atoms with Crippen molar-refractivity contribution in [2.75, 3.05) is 23.9 Å². The lowest BCUT2D eigenvalue weighted by Gasteiger charge is -2.04. The third kappa shape index (κ3) is 4.20. The zero-order valence-corrected chi connectivity index (χ0v) is 9.51. The molecule has 0 fully saturated rings. The zero-order chi connectivity index (χ0) is 11.1. The van der Waals surface area contributed by atoms with Gasteiger partial charge < -0.3 is 11.1 Å². The maximum absolute atomic E-state index is 10.8. The van der Waals surface area contributed by atoms with Crippen molar-refractivity contribution in [3.05, 3.63) is 23.9 Å². The van der Waals surface area contributed by atoms with Gasteiger partial charge in [0.1, 0.15) is 5.82 Å². The van der Waals surface area contributed by atoms with Crippen LogP contribution in [0, 0.1) is 0 Å². The monoisotopic (exact) mass is 225 g/mol. The van der Waals surface area contributed by atoms with E-state index < -0.39 is 5.91 Å². The van der Waals surface area contributed by atoms with Crippen LogP contribution in [0.15, 0.2) is 18.3 Å². The maximum Gasteiger partial charge on any atom is 0.250 e. The standard InChI is InChI=1S/C10H15N3OS/c1-15-6-2-5-12-9-4-3-8(7-13-9)10(11)14/h3-4,7H,2,5-6H2,1H3,(H2,11,14)(H,12,13). The molecule has 15 heavy (non-hydrogen) atoms. The molecule has 3 N–H and O–H groups in total. The van der Waals surface area contributed by atoms with Crippen molar-refractivity contribution in [2.45, 2.75) is 6.42 Å². The second-order valence-corrected chi connectivity index (χ2v) is 4.06. The zero-order valence-electron chi connectivity index (χ0n) is 8.69. The van der Waals surface area contributed by atoms with Crippen LogP contribution in [0.5, 0.6) is 0 Å². The Labute approximate surface area is 93.7 Å². The van der Waals surface area contributed by atoms with E-state index in [2.05, 4.69) is 16.6 Å². The molecule has 0 aromatic carbocycles. The molecule has 0 bridgehead atoms. The number of carbonyl (C=O) groups is 1. The second kappa shape index (κ2) is 6.29. The summed E-state index contributed by atoms with van der Waals surface area (Å²) in [4.78, 5) is 14.8. The minimum Gasteiger partial charge on any atom is -0.370 e. The number of thioether (sulfide) groups is 1. The Morgan fingerprint density at radius 3 is 2.93 bits per heavy atom. The van der Waals surface area contributed by atoms with Crippen molar-refractivity contribution < 1.29 is 4.79 Å². The summed E-state index contributed by atoms with van der Waals surface area (Å²) in [6, 6.07) is 3.44. The number of primary amides is 1. The number of carbonyl (C=O) groups excluding carboxylic acids is 1. The van der Waals surface area contributed by atoms with E-state index >= 15 is 0 Å². The van der Waals surface area contributed by atoms with Gasteiger partial charge in [0.2, 0.25) is 5.91 Å². The van der Waals surface area contributed by atoms with Crippen LogP contribution in [0.2, 0.25) is 0 Å². The molecule has 1 rings (SSSR count). The normalized spacial score (nSPS) is 9.93. The Morgan fingerprint density at radius 1 is 1.60 bits per heavy atom. The fourth-order valence-electron chi connectivity index (χ4n) is 1.08. The first-order valence-electron chi connectivity index (χ1n) is 4.72. The molecule has 0 spiro atoms. The second-order valence-electron chi connectivity index (χ2n) is 3.07. The van der Waals surface area contributed by atoms with Gasteiger partial charge in [0.05, 0.1) is 5.56 Å². The molecule has 0 aliphatic rings. The van der Waals surface area contributed by atoms with E-state index in [-0.39, 0.29) is 0 Å². The Balaban J connectivity index is 2.39. The molecule has 1 amide bonds. The van der Waals surface area contributed by atoms with Gasteiger partial charge in [0.25, 0.3) is 0 Å². The summed E-state index contributed by atoms with van der Waals surface area (Å²) in [5.41, 5.74) is 5.54. The summed E-state index contributed by atoms with van der Waals surface area (Å²) in [5, 5.41) is 3.17. The van der Waals surface area contributed by atoms with E-state index in [0.717, 1.165) is 24.5 Å². The fraction of sp³-hybridized carbons (Fsp3) is 0.400. The van der Waals surface area contributed by atoms with Gasteiger partial charge in [-0.2, -0.15) is 11.8 Å². The van der Waals surface area contributed by atoms with Crippen LogP contribution in [0.3, 0.4) is 0 Å². The summed E-state index contributed by atoms with van der Waals surface area (Å²) >= 11 is 1.82. The molecule has 0 aliphatic heterocycles. The molecular weight excluding hydrogens is 210 g/mol. The molecule has 0 aliphatic carbocycles. The van der Waals surface area contributed by atoms with E-state index in [1.54, 1.807) is 12.1 Å². The molecular formula is C10H15N3OS. The molecule has 0 unspecified atom stereocenters. The van der Waals surface area contributed by atoms with Crippen LogP contribution in [0.4, 0.5) is 5.82 Å². The summed E-state index contributed by atoms with van der Waals surface area (Å²) in [6.45, 7) is 0.893. The van der Waals surface area contributed by atoms with Crippen molar-refractivity contribution in [1.29, 1.82) is 0 Å². The predicted molar refractivity (Wildman–Crippen MR) is 64.2 cm³/mol. The van der Waals surface area contributed by atoms with Gasteiger partial charge in [-0.25, -0.2) is 4.98 Å². The van der Waals surface area contributed by atoms with Crippen molar-refractivity contribution in [3.63, 3.8) is 0 Å². The number of anilines is 1. The van der Waals surface area contributed by atoms with Gasteiger partial charge in [-0.1, -0.05) is 0 Å². The molecule has 1 heterocycles. The quantitative estimate of drug-likeness (QED) is 0.717. The fourth-order valence-corrected chi connectivity index (χ4v) is 1.51. The third-order valence-corrected chi connectivity index (χ3v) is 2.58. The smallest absolute Gasteiger partial charge is 0.250 e. The van der Waals surface area contributed by atoms with Gasteiger partial charge in [-0.05, 0) is 30.6 Å². The molecule has 0 saturated carbocycles. The number of aromatic nitrogens is 1. The highest BCUT2D eigenvalue weighted by Crippen LogP contribution is 2.05. The van der Waals surface area contributed by atoms with Crippen LogP contribution >= 0.6 is 11.8 Å². The summed E-state index contributed by atoms with van der Waals surface area (Å²) < 4.78 is 0. The van der Waals surface area contributed by atoms with Crippen LogP contribution < -0.4 is 11.1 Å². The average molecular weight is 225 g/mol. The molecule has 0 saturated heterocycles. The Hall–Kier alpha value is -1.23. The average Bonchev–Trinajstić information content (AvgIpc) is 2.25. The largest absolute Gasteiger partial charge is 0.370 e. The lowest BCUT2D eigenvalue weighted by Crippen LogP contribution is -2.11. The lowest BCUT2D eigenvalue weighted by molar-refractivity contribution is 0.1000. The lowest BCUT2D eigenvalue weighted by atomic mass is 10.3. The number of pyridine rings is 1. The minimum absolute atomic E-state index is 0.435. The number of hydrogen-bond donors (Lipinski definition) is 2. The van der Waals surface area contributed by atoms with Gasteiger partial charge in [-0.3, -0.25) is 4.79 Å². The highest BCUT2D eigenvalue weighted by molar-refractivity contribution is 7.98. The van der Waals surface area contributed by atoms with E-state index in [1.165, 1.54) is 6.20 Å². The van der Waals surface area contributed by atoms with Crippen molar-refractivity contribution in [1.82, 2.24) is 4.98 Å². The number of nitrogens with two attached hydrogens (primary N) is 1. The first-order valence-corrected chi connectivity index (χ1v) is 6.12. The van der Waals surface area contributed by atoms with Crippen molar-refractivity contribution in [2.24, 2.45) is 5.73 Å². The van der Waals surface area contributed by atoms with Crippen LogP contribution in [-0.2, 0) is 0 Å². The maximum atomic E-state index is 10.8. The molecule has 0 radical (unpaired) electrons. The molecule has 4 nitrogen and oxygen atoms in total. The van der Waals surface area contributed by atoms with Crippen LogP contribution in [-0.4, -0.2) is 29.4 Å². The van der Waals surface area contributed by atoms with Gasteiger partial charge in [0.15, 0.2) is 0 Å². The first-order chi connectivity index (χ1) is 7.24.